The van der Waals surface area contributed by atoms with Crippen molar-refractivity contribution in [3.63, 3.8) is 0 Å². The van der Waals surface area contributed by atoms with Crippen LogP contribution in [0.4, 0.5) is 0 Å². The van der Waals surface area contributed by atoms with Gasteiger partial charge in [0.05, 0.1) is 30.5 Å². The molecule has 0 aliphatic carbocycles. The van der Waals surface area contributed by atoms with Crippen molar-refractivity contribution in [3.05, 3.63) is 83.9 Å². The van der Waals surface area contributed by atoms with Crippen LogP contribution in [0.25, 0.3) is 5.69 Å². The molecule has 0 amide bonds. The quantitative estimate of drug-likeness (QED) is 0.386. The van der Waals surface area contributed by atoms with Crippen molar-refractivity contribution in [2.24, 2.45) is 0 Å². The first kappa shape index (κ1) is 22.5. The van der Waals surface area contributed by atoms with E-state index in [9.17, 15) is 14.7 Å². The zero-order chi connectivity index (χ0) is 23.4. The highest BCUT2D eigenvalue weighted by atomic mass is 32.1. The van der Waals surface area contributed by atoms with E-state index in [4.69, 9.17) is 17.0 Å². The van der Waals surface area contributed by atoms with E-state index in [0.29, 0.717) is 18.1 Å². The van der Waals surface area contributed by atoms with Crippen LogP contribution in [0.1, 0.15) is 46.7 Å². The van der Waals surface area contributed by atoms with Gasteiger partial charge in [0.1, 0.15) is 0 Å². The zero-order valence-corrected chi connectivity index (χ0v) is 18.9. The van der Waals surface area contributed by atoms with Crippen LogP contribution >= 0.6 is 12.2 Å². The molecule has 1 fully saturated rings. The lowest BCUT2D eigenvalue weighted by Crippen LogP contribution is -2.31. The molecule has 1 aliphatic rings. The van der Waals surface area contributed by atoms with Crippen LogP contribution in [-0.2, 0) is 9.53 Å². The summed E-state index contributed by atoms with van der Waals surface area (Å²) in [5, 5.41) is 13.4. The second-order valence-corrected chi connectivity index (χ2v) is 8.04. The molecule has 9 heteroatoms. The third-order valence-corrected chi connectivity index (χ3v) is 6.01. The van der Waals surface area contributed by atoms with Gasteiger partial charge in [0, 0.05) is 36.7 Å². The molecule has 3 aromatic rings. The molecule has 0 saturated carbocycles. The summed E-state index contributed by atoms with van der Waals surface area (Å²) in [4.78, 5) is 29.7. The Labute approximate surface area is 196 Å². The fraction of sp³-hybridized carbons (Fsp3) is 0.250. The summed E-state index contributed by atoms with van der Waals surface area (Å²) < 4.78 is 6.74. The maximum atomic E-state index is 11.6. The first-order valence-electron chi connectivity index (χ1n) is 10.6. The van der Waals surface area contributed by atoms with Crippen LogP contribution in [0.3, 0.4) is 0 Å². The average Bonchev–Trinajstić information content (AvgIpc) is 3.44. The van der Waals surface area contributed by atoms with Gasteiger partial charge in [0.2, 0.25) is 0 Å². The maximum absolute atomic E-state index is 11.6. The van der Waals surface area contributed by atoms with Gasteiger partial charge in [0.25, 0.3) is 0 Å². The fourth-order valence-corrected chi connectivity index (χ4v) is 4.45. The number of carbonyl (C=O) groups excluding carboxylic acids is 1. The van der Waals surface area contributed by atoms with Gasteiger partial charge in [-0.2, -0.15) is 0 Å². The van der Waals surface area contributed by atoms with Crippen molar-refractivity contribution in [1.82, 2.24) is 19.8 Å². The standard InChI is InChI=1S/C24H24N4O4S/c1-32-20(29)11-6-14-28-22(21(26-24(28)33)18-9-2-3-12-25-18)19-10-5-13-27(19)17-8-4-7-16(15-17)23(30)31/h2-5,7-10,12-13,15,21-22H,6,11,14H2,1H3,(H,26,33)(H,30,31)/t21-,22+/m1/s1. The molecule has 8 nitrogen and oxygen atoms in total. The molecule has 2 aromatic heterocycles. The molecule has 2 N–H and O–H groups in total. The summed E-state index contributed by atoms with van der Waals surface area (Å²) in [5.41, 5.74) is 2.72. The number of hydrogen-bond donors (Lipinski definition) is 2. The number of aromatic nitrogens is 2. The third-order valence-electron chi connectivity index (χ3n) is 5.66. The molecule has 4 rings (SSSR count). The van der Waals surface area contributed by atoms with E-state index in [1.165, 1.54) is 7.11 Å². The van der Waals surface area contributed by atoms with Gasteiger partial charge in [-0.3, -0.25) is 9.78 Å². The monoisotopic (exact) mass is 464 g/mol. The van der Waals surface area contributed by atoms with Gasteiger partial charge >= 0.3 is 11.9 Å². The van der Waals surface area contributed by atoms with E-state index >= 15 is 0 Å². The molecule has 0 radical (unpaired) electrons. The Morgan fingerprint density at radius 1 is 1.18 bits per heavy atom. The predicted octanol–water partition coefficient (Wildman–Crippen LogP) is 3.50. The Morgan fingerprint density at radius 2 is 2.03 bits per heavy atom. The summed E-state index contributed by atoms with van der Waals surface area (Å²) >= 11 is 5.67. The van der Waals surface area contributed by atoms with Crippen molar-refractivity contribution >= 4 is 29.3 Å². The van der Waals surface area contributed by atoms with Crippen molar-refractivity contribution in [2.45, 2.75) is 24.9 Å². The van der Waals surface area contributed by atoms with E-state index in [1.807, 2.05) is 47.2 Å². The molecule has 1 saturated heterocycles. The maximum Gasteiger partial charge on any atom is 0.335 e. The normalized spacial score (nSPS) is 17.6. The third kappa shape index (κ3) is 4.73. The molecular weight excluding hydrogens is 440 g/mol. The number of pyridine rings is 1. The summed E-state index contributed by atoms with van der Waals surface area (Å²) in [6, 6.07) is 16.0. The highest BCUT2D eigenvalue weighted by Gasteiger charge is 2.41. The summed E-state index contributed by atoms with van der Waals surface area (Å²) in [6.07, 6.45) is 4.51. The van der Waals surface area contributed by atoms with Crippen molar-refractivity contribution in [1.29, 1.82) is 0 Å². The molecule has 170 valence electrons. The van der Waals surface area contributed by atoms with E-state index in [1.54, 1.807) is 24.4 Å². The SMILES string of the molecule is COC(=O)CCCN1C(=S)N[C@H](c2ccccn2)[C@@H]1c1cccn1-c1cccc(C(=O)O)c1. The van der Waals surface area contributed by atoms with Crippen LogP contribution < -0.4 is 5.32 Å². The average molecular weight is 465 g/mol. The first-order chi connectivity index (χ1) is 16.0. The zero-order valence-electron chi connectivity index (χ0n) is 18.0. The first-order valence-corrected chi connectivity index (χ1v) is 11.0. The molecule has 0 spiro atoms. The number of hydrogen-bond acceptors (Lipinski definition) is 5. The van der Waals surface area contributed by atoms with Crippen LogP contribution in [0.15, 0.2) is 67.0 Å². The van der Waals surface area contributed by atoms with Crippen LogP contribution in [0.5, 0.6) is 0 Å². The molecule has 3 heterocycles. The number of nitrogens with one attached hydrogen (secondary N) is 1. The number of carboxylic acids is 1. The Hall–Kier alpha value is -3.72. The van der Waals surface area contributed by atoms with E-state index in [2.05, 4.69) is 15.2 Å². The smallest absolute Gasteiger partial charge is 0.335 e. The summed E-state index contributed by atoms with van der Waals surface area (Å²) in [6.45, 7) is 0.551. The second kappa shape index (κ2) is 9.83. The number of aromatic carboxylic acids is 1. The number of rotatable bonds is 8. The van der Waals surface area contributed by atoms with Crippen molar-refractivity contribution in [2.75, 3.05) is 13.7 Å². The Bertz CT molecular complexity index is 1160. The fourth-order valence-electron chi connectivity index (χ4n) is 4.12. The molecule has 33 heavy (non-hydrogen) atoms. The van der Waals surface area contributed by atoms with E-state index in [0.717, 1.165) is 17.1 Å². The Morgan fingerprint density at radius 3 is 2.76 bits per heavy atom. The minimum absolute atomic E-state index is 0.212. The lowest BCUT2D eigenvalue weighted by atomic mass is 10.0. The van der Waals surface area contributed by atoms with Crippen molar-refractivity contribution in [3.8, 4) is 5.69 Å². The molecule has 1 aromatic carbocycles. The number of benzene rings is 1. The van der Waals surface area contributed by atoms with Crippen LogP contribution in [0.2, 0.25) is 0 Å². The lowest BCUT2D eigenvalue weighted by molar-refractivity contribution is -0.140. The van der Waals surface area contributed by atoms with Crippen LogP contribution in [0, 0.1) is 0 Å². The topological polar surface area (TPSA) is 96.7 Å². The van der Waals surface area contributed by atoms with Gasteiger partial charge in [-0.25, -0.2) is 4.79 Å². The highest BCUT2D eigenvalue weighted by molar-refractivity contribution is 7.80. The molecule has 2 atom stereocenters. The minimum Gasteiger partial charge on any atom is -0.478 e. The number of carbonyl (C=O) groups is 2. The minimum atomic E-state index is -0.981. The Balaban J connectivity index is 1.73. The number of esters is 1. The van der Waals surface area contributed by atoms with Gasteiger partial charge in [-0.05, 0) is 61.1 Å². The number of carboxylic acid groups (broad SMARTS) is 1. The second-order valence-electron chi connectivity index (χ2n) is 7.66. The molecule has 0 bridgehead atoms. The van der Waals surface area contributed by atoms with Gasteiger partial charge in [-0.1, -0.05) is 12.1 Å². The van der Waals surface area contributed by atoms with Gasteiger partial charge < -0.3 is 24.6 Å². The van der Waals surface area contributed by atoms with Crippen LogP contribution in [-0.4, -0.2) is 50.3 Å². The summed E-state index contributed by atoms with van der Waals surface area (Å²) in [5.74, 6) is -1.25. The number of ether oxygens (including phenoxy) is 1. The van der Waals surface area contributed by atoms with Gasteiger partial charge in [-0.15, -0.1) is 0 Å². The largest absolute Gasteiger partial charge is 0.478 e. The Kier molecular flexibility index (Phi) is 6.69. The van der Waals surface area contributed by atoms with Crippen molar-refractivity contribution < 1.29 is 19.4 Å². The number of methoxy groups -OCH3 is 1. The predicted molar refractivity (Wildman–Crippen MR) is 126 cm³/mol. The lowest BCUT2D eigenvalue weighted by Gasteiger charge is -2.29. The molecule has 0 unspecified atom stereocenters. The van der Waals surface area contributed by atoms with Gasteiger partial charge in [0.15, 0.2) is 5.11 Å². The molecule has 1 aliphatic heterocycles. The van der Waals surface area contributed by atoms with E-state index in [-0.39, 0.29) is 30.0 Å². The number of nitrogens with zero attached hydrogens (tertiary/aromatic N) is 3. The molecular formula is C24H24N4O4S. The summed E-state index contributed by atoms with van der Waals surface area (Å²) in [7, 11) is 1.38. The van der Waals surface area contributed by atoms with E-state index < -0.39 is 5.97 Å². The highest BCUT2D eigenvalue weighted by Crippen LogP contribution is 2.39. The number of thiocarbonyl (C=S) groups is 1.